The number of carbonyl (C=O) groups is 1. The van der Waals surface area contributed by atoms with Crippen molar-refractivity contribution in [2.24, 2.45) is 0 Å². The summed E-state index contributed by atoms with van der Waals surface area (Å²) in [6, 6.07) is 17.2. The maximum atomic E-state index is 13.3. The molecular formula is C21H15FN4O3. The van der Waals surface area contributed by atoms with Gasteiger partial charge in [-0.1, -0.05) is 24.3 Å². The van der Waals surface area contributed by atoms with Crippen molar-refractivity contribution in [3.05, 3.63) is 99.6 Å². The van der Waals surface area contributed by atoms with Crippen LogP contribution in [0.25, 0.3) is 16.7 Å². The zero-order chi connectivity index (χ0) is 20.4. The molecule has 0 aliphatic rings. The van der Waals surface area contributed by atoms with E-state index in [0.29, 0.717) is 5.69 Å². The molecule has 4 aromatic rings. The predicted molar refractivity (Wildman–Crippen MR) is 107 cm³/mol. The lowest BCUT2D eigenvalue weighted by Gasteiger charge is -2.13. The molecule has 4 rings (SSSR count). The average molecular weight is 390 g/mol. The first-order valence-corrected chi connectivity index (χ1v) is 8.76. The summed E-state index contributed by atoms with van der Waals surface area (Å²) >= 11 is 0. The Balaban J connectivity index is 1.82. The number of rotatable bonds is 4. The topological polar surface area (TPSA) is 86.0 Å². The molecule has 0 atom stereocenters. The number of para-hydroxylation sites is 1. The lowest BCUT2D eigenvalue weighted by atomic mass is 10.3. The number of benzene rings is 2. The van der Waals surface area contributed by atoms with Gasteiger partial charge in [-0.3, -0.25) is 9.59 Å². The zero-order valence-electron chi connectivity index (χ0n) is 15.1. The second-order valence-corrected chi connectivity index (χ2v) is 6.28. The molecule has 0 aliphatic carbocycles. The van der Waals surface area contributed by atoms with Crippen LogP contribution in [0, 0.1) is 5.82 Å². The molecule has 0 unspecified atom stereocenters. The molecule has 0 radical (unpaired) electrons. The number of hydrogen-bond donors (Lipinski definition) is 1. The summed E-state index contributed by atoms with van der Waals surface area (Å²) in [6.45, 7) is -0.522. The average Bonchev–Trinajstić information content (AvgIpc) is 2.72. The van der Waals surface area contributed by atoms with Gasteiger partial charge in [0, 0.05) is 11.9 Å². The van der Waals surface area contributed by atoms with Crippen LogP contribution in [0.1, 0.15) is 0 Å². The van der Waals surface area contributed by atoms with E-state index in [9.17, 15) is 18.8 Å². The molecule has 0 aliphatic heterocycles. The molecule has 7 nitrogen and oxygen atoms in total. The maximum Gasteiger partial charge on any atom is 0.337 e. The number of anilines is 1. The predicted octanol–water partition coefficient (Wildman–Crippen LogP) is 2.33. The van der Waals surface area contributed by atoms with Gasteiger partial charge in [-0.05, 0) is 42.5 Å². The van der Waals surface area contributed by atoms with Crippen molar-refractivity contribution in [2.75, 3.05) is 5.32 Å². The molecular weight excluding hydrogens is 375 g/mol. The van der Waals surface area contributed by atoms with E-state index >= 15 is 0 Å². The van der Waals surface area contributed by atoms with Crippen LogP contribution in [0.2, 0.25) is 0 Å². The molecule has 0 spiro atoms. The Kier molecular flexibility index (Phi) is 4.74. The van der Waals surface area contributed by atoms with Crippen molar-refractivity contribution in [1.82, 2.24) is 14.1 Å². The van der Waals surface area contributed by atoms with E-state index in [-0.39, 0.29) is 16.7 Å². The zero-order valence-corrected chi connectivity index (χ0v) is 15.1. The lowest BCUT2D eigenvalue weighted by Crippen LogP contribution is -2.42. The Morgan fingerprint density at radius 2 is 1.79 bits per heavy atom. The van der Waals surface area contributed by atoms with Crippen LogP contribution in [-0.4, -0.2) is 20.0 Å². The van der Waals surface area contributed by atoms with Gasteiger partial charge in [0.2, 0.25) is 5.91 Å². The number of hydrogen-bond acceptors (Lipinski definition) is 4. The molecule has 2 aromatic carbocycles. The van der Waals surface area contributed by atoms with E-state index in [2.05, 4.69) is 10.3 Å². The summed E-state index contributed by atoms with van der Waals surface area (Å²) in [5.74, 6) is -1.14. The van der Waals surface area contributed by atoms with Gasteiger partial charge in [0.25, 0.3) is 5.56 Å². The van der Waals surface area contributed by atoms with Crippen LogP contribution in [0.4, 0.5) is 10.1 Å². The number of nitrogens with one attached hydrogen (secondary N) is 1. The Hall–Kier alpha value is -4.07. The van der Waals surface area contributed by atoms with Crippen LogP contribution in [0.5, 0.6) is 0 Å². The SMILES string of the molecule is O=C(Cn1c(=O)c2cccnc2n(-c2ccccc2)c1=O)Nc1cccc(F)c1. The highest BCUT2D eigenvalue weighted by atomic mass is 19.1. The van der Waals surface area contributed by atoms with Gasteiger partial charge in [0.15, 0.2) is 5.65 Å². The molecule has 2 aromatic heterocycles. The summed E-state index contributed by atoms with van der Waals surface area (Å²) in [7, 11) is 0. The molecule has 0 fully saturated rings. The van der Waals surface area contributed by atoms with Crippen molar-refractivity contribution in [1.29, 1.82) is 0 Å². The Labute approximate surface area is 163 Å². The fourth-order valence-electron chi connectivity index (χ4n) is 3.05. The first-order valence-electron chi connectivity index (χ1n) is 8.76. The van der Waals surface area contributed by atoms with E-state index < -0.39 is 29.5 Å². The number of nitrogens with zero attached hydrogens (tertiary/aromatic N) is 3. The Morgan fingerprint density at radius 3 is 2.55 bits per heavy atom. The molecule has 0 saturated carbocycles. The number of amides is 1. The standard InChI is InChI=1S/C21H15FN4O3/c22-14-6-4-7-15(12-14)24-18(27)13-25-20(28)17-10-5-11-23-19(17)26(21(25)29)16-8-2-1-3-9-16/h1-12H,13H2,(H,24,27). The van der Waals surface area contributed by atoms with E-state index in [1.54, 1.807) is 42.5 Å². The smallest absolute Gasteiger partial charge is 0.324 e. The summed E-state index contributed by atoms with van der Waals surface area (Å²) < 4.78 is 15.4. The summed E-state index contributed by atoms with van der Waals surface area (Å²) in [6.07, 6.45) is 1.49. The van der Waals surface area contributed by atoms with Crippen LogP contribution >= 0.6 is 0 Å². The fourth-order valence-corrected chi connectivity index (χ4v) is 3.05. The number of fused-ring (bicyclic) bond motifs is 1. The highest BCUT2D eigenvalue weighted by Crippen LogP contribution is 2.12. The second kappa shape index (κ2) is 7.51. The van der Waals surface area contributed by atoms with Gasteiger partial charge >= 0.3 is 5.69 Å². The normalized spacial score (nSPS) is 10.8. The van der Waals surface area contributed by atoms with Gasteiger partial charge < -0.3 is 5.32 Å². The van der Waals surface area contributed by atoms with E-state index in [4.69, 9.17) is 0 Å². The minimum Gasteiger partial charge on any atom is -0.324 e. The van der Waals surface area contributed by atoms with Gasteiger partial charge in [-0.2, -0.15) is 0 Å². The quantitative estimate of drug-likeness (QED) is 0.580. The minimum absolute atomic E-state index is 0.203. The fraction of sp³-hybridized carbons (Fsp3) is 0.0476. The molecule has 144 valence electrons. The molecule has 0 bridgehead atoms. The van der Waals surface area contributed by atoms with Gasteiger partial charge in [-0.25, -0.2) is 23.3 Å². The first-order chi connectivity index (χ1) is 14.0. The highest BCUT2D eigenvalue weighted by Gasteiger charge is 2.17. The molecule has 2 heterocycles. The Morgan fingerprint density at radius 1 is 1.00 bits per heavy atom. The number of aromatic nitrogens is 3. The highest BCUT2D eigenvalue weighted by molar-refractivity contribution is 5.90. The largest absolute Gasteiger partial charge is 0.337 e. The van der Waals surface area contributed by atoms with Gasteiger partial charge in [-0.15, -0.1) is 0 Å². The second-order valence-electron chi connectivity index (χ2n) is 6.28. The molecule has 0 saturated heterocycles. The molecule has 1 N–H and O–H groups in total. The maximum absolute atomic E-state index is 13.3. The molecule has 8 heteroatoms. The third-order valence-electron chi connectivity index (χ3n) is 4.32. The van der Waals surface area contributed by atoms with Crippen LogP contribution in [0.3, 0.4) is 0 Å². The van der Waals surface area contributed by atoms with Crippen LogP contribution in [0.15, 0.2) is 82.5 Å². The lowest BCUT2D eigenvalue weighted by molar-refractivity contribution is -0.116. The van der Waals surface area contributed by atoms with Crippen molar-refractivity contribution < 1.29 is 9.18 Å². The van der Waals surface area contributed by atoms with E-state index in [1.165, 1.54) is 29.0 Å². The number of carbonyl (C=O) groups excluding carboxylic acids is 1. The Bertz CT molecular complexity index is 1330. The minimum atomic E-state index is -0.693. The van der Waals surface area contributed by atoms with E-state index in [1.807, 2.05) is 0 Å². The van der Waals surface area contributed by atoms with E-state index in [0.717, 1.165) is 10.6 Å². The first kappa shape index (κ1) is 18.3. The van der Waals surface area contributed by atoms with Crippen molar-refractivity contribution >= 4 is 22.6 Å². The van der Waals surface area contributed by atoms with Crippen LogP contribution in [-0.2, 0) is 11.3 Å². The van der Waals surface area contributed by atoms with Crippen molar-refractivity contribution in [3.63, 3.8) is 0 Å². The third kappa shape index (κ3) is 3.55. The van der Waals surface area contributed by atoms with Crippen molar-refractivity contribution in [3.8, 4) is 5.69 Å². The van der Waals surface area contributed by atoms with Crippen molar-refractivity contribution in [2.45, 2.75) is 6.54 Å². The summed E-state index contributed by atoms with van der Waals surface area (Å²) in [5, 5.41) is 2.69. The number of halogens is 1. The number of pyridine rings is 1. The molecule has 1 amide bonds. The van der Waals surface area contributed by atoms with Gasteiger partial charge in [0.1, 0.15) is 12.4 Å². The third-order valence-corrected chi connectivity index (χ3v) is 4.32. The summed E-state index contributed by atoms with van der Waals surface area (Å²) in [4.78, 5) is 42.5. The molecule has 29 heavy (non-hydrogen) atoms. The van der Waals surface area contributed by atoms with Gasteiger partial charge in [0.05, 0.1) is 11.1 Å². The summed E-state index contributed by atoms with van der Waals surface area (Å²) in [5.41, 5.74) is -0.369. The van der Waals surface area contributed by atoms with Crippen LogP contribution < -0.4 is 16.6 Å². The monoisotopic (exact) mass is 390 g/mol.